The summed E-state index contributed by atoms with van der Waals surface area (Å²) in [7, 11) is 0. The number of hydrogen-bond donors (Lipinski definition) is 2. The number of rotatable bonds is 8. The minimum atomic E-state index is -0.542. The van der Waals surface area contributed by atoms with Crippen LogP contribution in [0.15, 0.2) is 59.6 Å². The summed E-state index contributed by atoms with van der Waals surface area (Å²) >= 11 is 0.846. The number of imide groups is 1. The first kappa shape index (κ1) is 22.7. The standard InChI is InChI=1S/C21H16N6O6S/c28-19(22-14-2-1-3-16(9-14)27(31)32)11-26-10-15(24-25-26)12-33-17-6-4-13(5-7-17)8-18-20(29)23-21(30)34-18/h1-10H,11-12H2,(H,22,28)(H,23,29,30). The highest BCUT2D eigenvalue weighted by atomic mass is 32.2. The number of anilines is 1. The minimum Gasteiger partial charge on any atom is -0.487 e. The third-order valence-corrected chi connectivity index (χ3v) is 5.25. The quantitative estimate of drug-likeness (QED) is 0.281. The minimum absolute atomic E-state index is 0.111. The van der Waals surface area contributed by atoms with Crippen molar-refractivity contribution in [1.82, 2.24) is 20.3 Å². The summed E-state index contributed by atoms with van der Waals surface area (Å²) in [6, 6.07) is 12.5. The molecule has 0 bridgehead atoms. The fourth-order valence-corrected chi connectivity index (χ4v) is 3.60. The largest absolute Gasteiger partial charge is 0.487 e. The molecule has 0 unspecified atom stereocenters. The van der Waals surface area contributed by atoms with Crippen molar-refractivity contribution in [1.29, 1.82) is 0 Å². The number of nitro groups is 1. The number of non-ortho nitro benzene ring substituents is 1. The lowest BCUT2D eigenvalue weighted by Crippen LogP contribution is -2.19. The average Bonchev–Trinajstić information content (AvgIpc) is 3.38. The summed E-state index contributed by atoms with van der Waals surface area (Å²) in [5.41, 5.74) is 1.41. The van der Waals surface area contributed by atoms with Crippen LogP contribution in [0.1, 0.15) is 11.3 Å². The first-order chi connectivity index (χ1) is 16.4. The molecule has 13 heteroatoms. The van der Waals surface area contributed by atoms with E-state index in [1.54, 1.807) is 42.6 Å². The van der Waals surface area contributed by atoms with Gasteiger partial charge in [0.15, 0.2) is 0 Å². The lowest BCUT2D eigenvalue weighted by molar-refractivity contribution is -0.384. The normalized spacial score (nSPS) is 14.2. The fraction of sp³-hybridized carbons (Fsp3) is 0.0952. The van der Waals surface area contributed by atoms with Crippen LogP contribution < -0.4 is 15.4 Å². The highest BCUT2D eigenvalue weighted by molar-refractivity contribution is 8.18. The van der Waals surface area contributed by atoms with Gasteiger partial charge in [0.05, 0.1) is 16.0 Å². The number of aromatic nitrogens is 3. The fourth-order valence-electron chi connectivity index (χ4n) is 2.92. The van der Waals surface area contributed by atoms with Gasteiger partial charge in [-0.25, -0.2) is 4.68 Å². The predicted molar refractivity (Wildman–Crippen MR) is 122 cm³/mol. The molecule has 2 heterocycles. The van der Waals surface area contributed by atoms with E-state index in [4.69, 9.17) is 4.74 Å². The zero-order chi connectivity index (χ0) is 24.1. The number of carbonyl (C=O) groups is 3. The zero-order valence-corrected chi connectivity index (χ0v) is 18.2. The SMILES string of the molecule is O=C(Cn1cc(COc2ccc(C=C3SC(=O)NC3=O)cc2)nn1)Nc1cccc([N+](=O)[O-])c1. The number of nitrogens with zero attached hydrogens (tertiary/aromatic N) is 4. The monoisotopic (exact) mass is 480 g/mol. The van der Waals surface area contributed by atoms with Crippen molar-refractivity contribution in [3.05, 3.63) is 81.0 Å². The Kier molecular flexibility index (Phi) is 6.64. The van der Waals surface area contributed by atoms with Crippen molar-refractivity contribution >= 4 is 46.3 Å². The molecule has 4 rings (SSSR count). The first-order valence-corrected chi connectivity index (χ1v) is 10.6. The number of amides is 3. The lowest BCUT2D eigenvalue weighted by atomic mass is 10.2. The van der Waals surface area contributed by atoms with E-state index in [2.05, 4.69) is 20.9 Å². The Morgan fingerprint density at radius 2 is 2.03 bits per heavy atom. The van der Waals surface area contributed by atoms with Gasteiger partial charge in [-0.05, 0) is 41.6 Å². The second kappa shape index (κ2) is 9.95. The molecule has 3 amide bonds. The predicted octanol–water partition coefficient (Wildman–Crippen LogP) is 2.73. The molecule has 3 aromatic rings. The molecular formula is C21H16N6O6S. The molecule has 0 spiro atoms. The summed E-state index contributed by atoms with van der Waals surface area (Å²) in [6.07, 6.45) is 3.16. The van der Waals surface area contributed by atoms with Gasteiger partial charge in [0.2, 0.25) is 5.91 Å². The van der Waals surface area contributed by atoms with Crippen LogP contribution in [0.3, 0.4) is 0 Å². The van der Waals surface area contributed by atoms with E-state index < -0.39 is 22.0 Å². The molecule has 2 aromatic carbocycles. The van der Waals surface area contributed by atoms with E-state index >= 15 is 0 Å². The van der Waals surface area contributed by atoms with Gasteiger partial charge in [-0.3, -0.25) is 29.8 Å². The van der Waals surface area contributed by atoms with Gasteiger partial charge in [0, 0.05) is 17.8 Å². The zero-order valence-electron chi connectivity index (χ0n) is 17.3. The maximum absolute atomic E-state index is 12.2. The Morgan fingerprint density at radius 3 is 2.74 bits per heavy atom. The topological polar surface area (TPSA) is 158 Å². The van der Waals surface area contributed by atoms with E-state index in [1.807, 2.05) is 0 Å². The molecule has 1 aliphatic rings. The Morgan fingerprint density at radius 1 is 1.24 bits per heavy atom. The molecule has 1 fully saturated rings. The average molecular weight is 480 g/mol. The van der Waals surface area contributed by atoms with E-state index in [9.17, 15) is 24.5 Å². The summed E-state index contributed by atoms with van der Waals surface area (Å²) in [5.74, 6) is -0.282. The Balaban J connectivity index is 1.28. The summed E-state index contributed by atoms with van der Waals surface area (Å²) in [4.78, 5) is 45.6. The molecule has 34 heavy (non-hydrogen) atoms. The molecule has 2 N–H and O–H groups in total. The van der Waals surface area contributed by atoms with Crippen molar-refractivity contribution in [3.63, 3.8) is 0 Å². The van der Waals surface area contributed by atoms with Crippen LogP contribution in [0.4, 0.5) is 16.2 Å². The van der Waals surface area contributed by atoms with E-state index in [0.29, 0.717) is 22.0 Å². The van der Waals surface area contributed by atoms with E-state index in [1.165, 1.54) is 22.9 Å². The second-order valence-corrected chi connectivity index (χ2v) is 7.99. The van der Waals surface area contributed by atoms with Crippen LogP contribution in [0.2, 0.25) is 0 Å². The number of carbonyl (C=O) groups excluding carboxylic acids is 3. The van der Waals surface area contributed by atoms with E-state index in [-0.39, 0.29) is 18.8 Å². The molecule has 1 aromatic heterocycles. The molecule has 12 nitrogen and oxygen atoms in total. The van der Waals surface area contributed by atoms with Crippen LogP contribution >= 0.6 is 11.8 Å². The van der Waals surface area contributed by atoms with Crippen LogP contribution in [-0.2, 0) is 22.7 Å². The van der Waals surface area contributed by atoms with Crippen molar-refractivity contribution in [3.8, 4) is 5.75 Å². The lowest BCUT2D eigenvalue weighted by Gasteiger charge is -2.05. The van der Waals surface area contributed by atoms with Crippen molar-refractivity contribution < 1.29 is 24.0 Å². The van der Waals surface area contributed by atoms with Gasteiger partial charge in [0.1, 0.15) is 24.6 Å². The molecule has 0 aliphatic carbocycles. The van der Waals surface area contributed by atoms with Crippen molar-refractivity contribution in [2.75, 3.05) is 5.32 Å². The number of hydrogen-bond acceptors (Lipinski definition) is 9. The molecule has 172 valence electrons. The number of nitro benzene ring substituents is 1. The van der Waals surface area contributed by atoms with Gasteiger partial charge in [0.25, 0.3) is 16.8 Å². The maximum Gasteiger partial charge on any atom is 0.290 e. The summed E-state index contributed by atoms with van der Waals surface area (Å²) < 4.78 is 6.99. The summed E-state index contributed by atoms with van der Waals surface area (Å²) in [6.45, 7) is -0.0210. The third kappa shape index (κ3) is 5.83. The number of thioether (sulfide) groups is 1. The first-order valence-electron chi connectivity index (χ1n) is 9.77. The highest BCUT2D eigenvalue weighted by Crippen LogP contribution is 2.26. The number of ether oxygens (including phenoxy) is 1. The van der Waals surface area contributed by atoms with Crippen LogP contribution in [0.5, 0.6) is 5.75 Å². The number of benzene rings is 2. The van der Waals surface area contributed by atoms with Gasteiger partial charge in [-0.1, -0.05) is 23.4 Å². The van der Waals surface area contributed by atoms with Gasteiger partial charge >= 0.3 is 0 Å². The van der Waals surface area contributed by atoms with Crippen LogP contribution in [0, 0.1) is 10.1 Å². The molecule has 0 atom stereocenters. The van der Waals surface area contributed by atoms with Crippen molar-refractivity contribution in [2.24, 2.45) is 0 Å². The molecule has 0 saturated carbocycles. The van der Waals surface area contributed by atoms with Gasteiger partial charge in [-0.2, -0.15) is 0 Å². The molecule has 1 saturated heterocycles. The summed E-state index contributed by atoms with van der Waals surface area (Å²) in [5, 5.41) is 23.1. The van der Waals surface area contributed by atoms with Crippen LogP contribution in [-0.4, -0.2) is 37.0 Å². The maximum atomic E-state index is 12.2. The molecule has 1 aliphatic heterocycles. The number of nitrogens with one attached hydrogen (secondary N) is 2. The second-order valence-electron chi connectivity index (χ2n) is 6.97. The van der Waals surface area contributed by atoms with Crippen LogP contribution in [0.25, 0.3) is 6.08 Å². The highest BCUT2D eigenvalue weighted by Gasteiger charge is 2.24. The molecular weight excluding hydrogens is 464 g/mol. The van der Waals surface area contributed by atoms with E-state index in [0.717, 1.165) is 17.3 Å². The Hall–Kier alpha value is -4.52. The molecule has 0 radical (unpaired) electrons. The smallest absolute Gasteiger partial charge is 0.290 e. The van der Waals surface area contributed by atoms with Gasteiger partial charge in [-0.15, -0.1) is 5.10 Å². The Bertz CT molecular complexity index is 1300. The van der Waals surface area contributed by atoms with Gasteiger partial charge < -0.3 is 10.1 Å². The Labute approximate surface area is 196 Å². The third-order valence-electron chi connectivity index (χ3n) is 4.44. The van der Waals surface area contributed by atoms with Crippen molar-refractivity contribution in [2.45, 2.75) is 13.2 Å².